The molecule has 31 heavy (non-hydrogen) atoms. The number of aromatic nitrogens is 6. The van der Waals surface area contributed by atoms with Gasteiger partial charge in [0.2, 0.25) is 5.91 Å². The van der Waals surface area contributed by atoms with Gasteiger partial charge in [-0.15, -0.1) is 15.3 Å². The van der Waals surface area contributed by atoms with Crippen molar-refractivity contribution in [1.82, 2.24) is 29.6 Å². The number of fused-ring (bicyclic) bond motifs is 2. The van der Waals surface area contributed by atoms with E-state index in [1.54, 1.807) is 9.20 Å². The molecule has 1 aromatic carbocycles. The Hall–Kier alpha value is -3.75. The Balaban J connectivity index is 1.62. The van der Waals surface area contributed by atoms with Crippen molar-refractivity contribution in [2.45, 2.75) is 46.1 Å². The van der Waals surface area contributed by atoms with Crippen molar-refractivity contribution in [3.8, 4) is 11.6 Å². The van der Waals surface area contributed by atoms with Crippen LogP contribution in [0.1, 0.15) is 48.8 Å². The standard InChI is InChI=1S/C22H23N7O2/c1-12(2)31-16-7-5-6-15(10-16)17-11-20(30)23-22-21(17)13(3)26-29(22)19-9-8-18-25-24-14(4)28(18)27-19/h5-10,12,17H,11H2,1-4H3,(H,23,30). The first-order valence-electron chi connectivity index (χ1n) is 10.3. The molecule has 1 amide bonds. The summed E-state index contributed by atoms with van der Waals surface area (Å²) < 4.78 is 9.21. The van der Waals surface area contributed by atoms with Gasteiger partial charge in [0.05, 0.1) is 11.8 Å². The van der Waals surface area contributed by atoms with Crippen LogP contribution in [0.15, 0.2) is 36.4 Å². The number of hydrogen-bond acceptors (Lipinski definition) is 6. The van der Waals surface area contributed by atoms with Crippen LogP contribution >= 0.6 is 0 Å². The van der Waals surface area contributed by atoms with Crippen LogP contribution in [0.25, 0.3) is 11.5 Å². The van der Waals surface area contributed by atoms with Crippen LogP contribution in [-0.2, 0) is 4.79 Å². The Bertz CT molecular complexity index is 1300. The molecule has 0 bridgehead atoms. The summed E-state index contributed by atoms with van der Waals surface area (Å²) in [5.74, 6) is 2.52. The molecule has 4 heterocycles. The molecule has 9 nitrogen and oxygen atoms in total. The van der Waals surface area contributed by atoms with Gasteiger partial charge < -0.3 is 10.1 Å². The van der Waals surface area contributed by atoms with Crippen LogP contribution < -0.4 is 10.1 Å². The molecular formula is C22H23N7O2. The molecule has 1 aliphatic rings. The number of amides is 1. The zero-order valence-corrected chi connectivity index (χ0v) is 17.8. The second kappa shape index (κ2) is 7.19. The lowest BCUT2D eigenvalue weighted by atomic mass is 9.86. The number of anilines is 1. The molecule has 0 fully saturated rings. The first kappa shape index (κ1) is 19.2. The topological polar surface area (TPSA) is 99.2 Å². The van der Waals surface area contributed by atoms with E-state index in [-0.39, 0.29) is 17.9 Å². The Morgan fingerprint density at radius 2 is 1.97 bits per heavy atom. The van der Waals surface area contributed by atoms with Crippen molar-refractivity contribution in [3.63, 3.8) is 0 Å². The number of carbonyl (C=O) groups is 1. The lowest BCUT2D eigenvalue weighted by Crippen LogP contribution is -2.25. The van der Waals surface area contributed by atoms with Gasteiger partial charge in [-0.25, -0.2) is 0 Å². The van der Waals surface area contributed by atoms with Crippen molar-refractivity contribution < 1.29 is 9.53 Å². The summed E-state index contributed by atoms with van der Waals surface area (Å²) in [5, 5.41) is 20.5. The third-order valence-corrected chi connectivity index (χ3v) is 5.36. The van der Waals surface area contributed by atoms with Crippen molar-refractivity contribution >= 4 is 17.4 Å². The molecule has 0 spiro atoms. The van der Waals surface area contributed by atoms with Crippen LogP contribution in [0, 0.1) is 13.8 Å². The smallest absolute Gasteiger partial charge is 0.226 e. The van der Waals surface area contributed by atoms with Gasteiger partial charge in [0.15, 0.2) is 17.3 Å². The largest absolute Gasteiger partial charge is 0.491 e. The van der Waals surface area contributed by atoms with Gasteiger partial charge in [0.1, 0.15) is 11.6 Å². The lowest BCUT2D eigenvalue weighted by molar-refractivity contribution is -0.116. The Morgan fingerprint density at radius 1 is 1.13 bits per heavy atom. The van der Waals surface area contributed by atoms with E-state index < -0.39 is 0 Å². The normalized spacial score (nSPS) is 15.9. The van der Waals surface area contributed by atoms with Crippen LogP contribution in [0.5, 0.6) is 5.75 Å². The molecule has 1 unspecified atom stereocenters. The zero-order chi connectivity index (χ0) is 21.7. The summed E-state index contributed by atoms with van der Waals surface area (Å²) in [6, 6.07) is 11.6. The van der Waals surface area contributed by atoms with Crippen LogP contribution in [0.2, 0.25) is 0 Å². The fourth-order valence-electron chi connectivity index (χ4n) is 4.07. The van der Waals surface area contributed by atoms with Crippen molar-refractivity contribution in [1.29, 1.82) is 0 Å². The maximum atomic E-state index is 12.7. The maximum Gasteiger partial charge on any atom is 0.226 e. The lowest BCUT2D eigenvalue weighted by Gasteiger charge is -2.24. The van der Waals surface area contributed by atoms with E-state index in [9.17, 15) is 4.79 Å². The third kappa shape index (κ3) is 3.31. The number of rotatable bonds is 4. The number of aryl methyl sites for hydroxylation is 2. The van der Waals surface area contributed by atoms with E-state index >= 15 is 0 Å². The minimum Gasteiger partial charge on any atom is -0.491 e. The van der Waals surface area contributed by atoms with Crippen molar-refractivity contribution in [3.05, 3.63) is 59.0 Å². The highest BCUT2D eigenvalue weighted by Crippen LogP contribution is 2.40. The van der Waals surface area contributed by atoms with Gasteiger partial charge in [-0.05, 0) is 57.5 Å². The summed E-state index contributed by atoms with van der Waals surface area (Å²) in [6.45, 7) is 7.78. The number of carbonyl (C=O) groups excluding carboxylic acids is 1. The van der Waals surface area contributed by atoms with E-state index in [1.165, 1.54) is 0 Å². The average molecular weight is 417 g/mol. The zero-order valence-electron chi connectivity index (χ0n) is 17.8. The molecule has 0 saturated heterocycles. The van der Waals surface area contributed by atoms with E-state index in [1.807, 2.05) is 64.1 Å². The summed E-state index contributed by atoms with van der Waals surface area (Å²) >= 11 is 0. The summed E-state index contributed by atoms with van der Waals surface area (Å²) in [6.07, 6.45) is 0.425. The van der Waals surface area contributed by atoms with E-state index in [0.29, 0.717) is 29.5 Å². The van der Waals surface area contributed by atoms with E-state index in [4.69, 9.17) is 9.84 Å². The highest BCUT2D eigenvalue weighted by atomic mass is 16.5. The van der Waals surface area contributed by atoms with Gasteiger partial charge >= 0.3 is 0 Å². The first-order chi connectivity index (χ1) is 14.9. The van der Waals surface area contributed by atoms with E-state index in [0.717, 1.165) is 22.6 Å². The number of ether oxygens (including phenoxy) is 1. The van der Waals surface area contributed by atoms with E-state index in [2.05, 4.69) is 20.6 Å². The highest BCUT2D eigenvalue weighted by molar-refractivity contribution is 5.95. The van der Waals surface area contributed by atoms with Crippen molar-refractivity contribution in [2.75, 3.05) is 5.32 Å². The fraction of sp³-hybridized carbons (Fsp3) is 0.318. The third-order valence-electron chi connectivity index (χ3n) is 5.36. The van der Waals surface area contributed by atoms with Gasteiger partial charge in [-0.1, -0.05) is 12.1 Å². The first-order valence-corrected chi connectivity index (χ1v) is 10.3. The average Bonchev–Trinajstić information content (AvgIpc) is 3.27. The quantitative estimate of drug-likeness (QED) is 0.547. The van der Waals surface area contributed by atoms with Gasteiger partial charge in [-0.2, -0.15) is 14.3 Å². The molecule has 1 aliphatic heterocycles. The van der Waals surface area contributed by atoms with Crippen LogP contribution in [-0.4, -0.2) is 41.6 Å². The fourth-order valence-corrected chi connectivity index (χ4v) is 4.07. The van der Waals surface area contributed by atoms with Crippen LogP contribution in [0.4, 0.5) is 5.82 Å². The second-order valence-corrected chi connectivity index (χ2v) is 8.01. The molecule has 9 heteroatoms. The minimum absolute atomic E-state index is 0.0598. The minimum atomic E-state index is -0.117. The predicted molar refractivity (Wildman–Crippen MR) is 115 cm³/mol. The molecule has 0 saturated carbocycles. The monoisotopic (exact) mass is 417 g/mol. The SMILES string of the molecule is Cc1nn(-c2ccc3nnc(C)n3n2)c2c1C(c1cccc(OC(C)C)c1)CC(=O)N2. The molecule has 158 valence electrons. The molecule has 1 atom stereocenters. The molecule has 0 radical (unpaired) electrons. The molecular weight excluding hydrogens is 394 g/mol. The molecule has 5 rings (SSSR count). The number of nitrogens with one attached hydrogen (secondary N) is 1. The molecule has 3 aromatic heterocycles. The predicted octanol–water partition coefficient (Wildman–Crippen LogP) is 3.19. The summed E-state index contributed by atoms with van der Waals surface area (Å²) in [5.41, 5.74) is 3.51. The molecule has 4 aromatic rings. The number of hydrogen-bond donors (Lipinski definition) is 1. The Morgan fingerprint density at radius 3 is 2.77 bits per heavy atom. The number of benzene rings is 1. The van der Waals surface area contributed by atoms with Gasteiger partial charge in [0, 0.05) is 17.9 Å². The highest BCUT2D eigenvalue weighted by Gasteiger charge is 2.33. The maximum absolute atomic E-state index is 12.7. The number of nitrogens with zero attached hydrogens (tertiary/aromatic N) is 6. The Kier molecular flexibility index (Phi) is 4.46. The van der Waals surface area contributed by atoms with Crippen molar-refractivity contribution in [2.24, 2.45) is 0 Å². The summed E-state index contributed by atoms with van der Waals surface area (Å²) in [4.78, 5) is 12.7. The van der Waals surface area contributed by atoms with Crippen LogP contribution in [0.3, 0.4) is 0 Å². The van der Waals surface area contributed by atoms with Gasteiger partial charge in [0.25, 0.3) is 0 Å². The second-order valence-electron chi connectivity index (χ2n) is 8.01. The van der Waals surface area contributed by atoms with Gasteiger partial charge in [-0.3, -0.25) is 4.79 Å². The summed E-state index contributed by atoms with van der Waals surface area (Å²) in [7, 11) is 0. The molecule has 0 aliphatic carbocycles. The molecule has 1 N–H and O–H groups in total. The Labute approximate surface area is 179 Å².